The molecule has 3 aliphatic rings. The molecule has 3 saturated heterocycles. The zero-order chi connectivity index (χ0) is 53.2. The number of carbonyl (C=O) groups excluding carboxylic acids is 7. The van der Waals surface area contributed by atoms with Crippen molar-refractivity contribution in [1.82, 2.24) is 36.4 Å². The highest BCUT2D eigenvalue weighted by molar-refractivity contribution is 5.98. The maximum atomic E-state index is 14.3. The monoisotopic (exact) mass is 1020 g/mol. The number of aromatic hydroxyl groups is 1. The van der Waals surface area contributed by atoms with Gasteiger partial charge in [0.15, 0.2) is 6.23 Å². The first-order valence-electron chi connectivity index (χ1n) is 25.8. The van der Waals surface area contributed by atoms with E-state index in [4.69, 9.17) is 5.73 Å². The van der Waals surface area contributed by atoms with E-state index in [0.29, 0.717) is 23.8 Å². The predicted molar refractivity (Wildman–Crippen MR) is 263 cm³/mol. The van der Waals surface area contributed by atoms with E-state index in [1.54, 1.807) is 12.1 Å². The number of hydrogen-bond donors (Lipinski definition) is 13. The average Bonchev–Trinajstić information content (AvgIpc) is 3.93. The number of carbonyl (C=O) groups is 7. The summed E-state index contributed by atoms with van der Waals surface area (Å²) in [6, 6.07) is -4.01. The largest absolute Gasteiger partial charge is 0.508 e. The molecule has 0 spiro atoms. The fourth-order valence-corrected chi connectivity index (χ4v) is 9.72. The summed E-state index contributed by atoms with van der Waals surface area (Å²) in [6.45, 7) is 7.07. The molecule has 72 heavy (non-hydrogen) atoms. The molecule has 14 atom stereocenters. The Labute approximate surface area is 422 Å². The summed E-state index contributed by atoms with van der Waals surface area (Å²) in [5.41, 5.74) is 6.36. The van der Waals surface area contributed by atoms with Crippen LogP contribution in [0.3, 0.4) is 0 Å². The molecule has 2 unspecified atom stereocenters. The number of nitrogens with zero attached hydrogens (tertiary/aromatic N) is 2. The number of nitrogens with one attached hydrogen (secondary N) is 5. The molecule has 3 fully saturated rings. The molecule has 4 rings (SSSR count). The number of rotatable bonds is 20. The SMILES string of the molecule is CCC(C)CC(C)CCCCCCCCC(=O)N[C@H]1C[C@@H](O)[C@@H](O)NC(=O)[C@@H]2[C@@H](O)CCN2C(=O)[C@H]([C@H](O)CCN)NC(=O)[C@H](CCc2ccc(O)cc2)NC(=O)[C@@H]2C[C@@H](O)CN2C(=O)[C@H]([C@@H](C)O)NC1=O. The topological polar surface area (TPSA) is 354 Å². The first-order chi connectivity index (χ1) is 34.1. The van der Waals surface area contributed by atoms with Crippen LogP contribution in [0, 0.1) is 11.8 Å². The summed E-state index contributed by atoms with van der Waals surface area (Å²) in [6.07, 6.45) is -3.07. The van der Waals surface area contributed by atoms with Crippen molar-refractivity contribution in [1.29, 1.82) is 0 Å². The smallest absolute Gasteiger partial charge is 0.248 e. The van der Waals surface area contributed by atoms with E-state index in [-0.39, 0.29) is 57.4 Å². The molecule has 1 aromatic rings. The zero-order valence-corrected chi connectivity index (χ0v) is 42.3. The number of amides is 7. The number of aliphatic hydroxyl groups is 6. The number of fused-ring (bicyclic) bond motifs is 2. The van der Waals surface area contributed by atoms with Crippen molar-refractivity contribution in [3.63, 3.8) is 0 Å². The molecular formula is C50H82N8O14. The normalized spacial score (nSPS) is 28.9. The maximum Gasteiger partial charge on any atom is 0.248 e. The van der Waals surface area contributed by atoms with Gasteiger partial charge in [0.05, 0.1) is 24.4 Å². The maximum absolute atomic E-state index is 14.3. The Kier molecular flexibility index (Phi) is 24.0. The van der Waals surface area contributed by atoms with Crippen molar-refractivity contribution >= 4 is 41.4 Å². The molecule has 7 amide bonds. The van der Waals surface area contributed by atoms with Gasteiger partial charge >= 0.3 is 0 Å². The number of aryl methyl sites for hydroxylation is 1. The third kappa shape index (κ3) is 17.6. The van der Waals surface area contributed by atoms with Crippen LogP contribution >= 0.6 is 0 Å². The Balaban J connectivity index is 1.63. The lowest BCUT2D eigenvalue weighted by molar-refractivity contribution is -0.148. The molecule has 22 nitrogen and oxygen atoms in total. The van der Waals surface area contributed by atoms with Gasteiger partial charge in [-0.15, -0.1) is 0 Å². The number of phenolic OH excluding ortho intramolecular Hbond substituents is 1. The number of nitrogens with two attached hydrogens (primary N) is 1. The van der Waals surface area contributed by atoms with E-state index in [0.717, 1.165) is 54.7 Å². The quantitative estimate of drug-likeness (QED) is 0.0674. The van der Waals surface area contributed by atoms with E-state index in [9.17, 15) is 69.3 Å². The summed E-state index contributed by atoms with van der Waals surface area (Å²) in [4.78, 5) is 100. The van der Waals surface area contributed by atoms with E-state index in [1.807, 2.05) is 0 Å². The summed E-state index contributed by atoms with van der Waals surface area (Å²) in [5, 5.41) is 88.5. The minimum absolute atomic E-state index is 0.0238. The number of phenols is 1. The molecule has 14 N–H and O–H groups in total. The van der Waals surface area contributed by atoms with Crippen LogP contribution < -0.4 is 32.3 Å². The van der Waals surface area contributed by atoms with Gasteiger partial charge in [-0.05, 0) is 81.5 Å². The molecule has 1 aromatic carbocycles. The average molecular weight is 1020 g/mol. The van der Waals surface area contributed by atoms with Gasteiger partial charge in [-0.2, -0.15) is 0 Å². The van der Waals surface area contributed by atoms with E-state index in [1.165, 1.54) is 25.5 Å². The van der Waals surface area contributed by atoms with Gasteiger partial charge in [-0.3, -0.25) is 33.6 Å². The van der Waals surface area contributed by atoms with E-state index >= 15 is 0 Å². The summed E-state index contributed by atoms with van der Waals surface area (Å²) in [7, 11) is 0. The minimum atomic E-state index is -2.17. The second kappa shape index (κ2) is 29.1. The molecule has 22 heteroatoms. The minimum Gasteiger partial charge on any atom is -0.508 e. The lowest BCUT2D eigenvalue weighted by Gasteiger charge is -2.33. The molecule has 0 aromatic heterocycles. The summed E-state index contributed by atoms with van der Waals surface area (Å²) in [5.74, 6) is -5.52. The molecule has 0 bridgehead atoms. The fraction of sp³-hybridized carbons (Fsp3) is 0.740. The van der Waals surface area contributed by atoms with Gasteiger partial charge < -0.3 is 77.9 Å². The molecule has 0 saturated carbocycles. The molecule has 3 heterocycles. The third-order valence-electron chi connectivity index (χ3n) is 14.2. The van der Waals surface area contributed by atoms with Crippen molar-refractivity contribution in [2.75, 3.05) is 19.6 Å². The van der Waals surface area contributed by atoms with Crippen LogP contribution in [-0.2, 0) is 40.0 Å². The van der Waals surface area contributed by atoms with Crippen molar-refractivity contribution < 1.29 is 69.3 Å². The zero-order valence-electron chi connectivity index (χ0n) is 42.3. The third-order valence-corrected chi connectivity index (χ3v) is 14.2. The van der Waals surface area contributed by atoms with Crippen molar-refractivity contribution in [3.8, 4) is 5.75 Å². The van der Waals surface area contributed by atoms with Gasteiger partial charge in [0.1, 0.15) is 48.1 Å². The number of unbranched alkanes of at least 4 members (excludes halogenated alkanes) is 5. The van der Waals surface area contributed by atoms with E-state index < -0.39 is 127 Å². The summed E-state index contributed by atoms with van der Waals surface area (Å²) >= 11 is 0. The summed E-state index contributed by atoms with van der Waals surface area (Å²) < 4.78 is 0. The molecule has 3 aliphatic heterocycles. The van der Waals surface area contributed by atoms with Crippen molar-refractivity contribution in [2.24, 2.45) is 17.6 Å². The number of benzene rings is 1. The standard InChI is InChI=1S/C50H82N8O14/c1-5-28(2)24-29(3)12-10-8-6-7-9-11-13-40(65)52-35-26-39(64)47(69)56-48(70)43-38(63)21-23-57(43)50(72)42(37(62)20-22-51)55-44(66)34(19-16-31-14-17-32(60)18-15-31)53-46(68)36-25-33(61)27-58(36)49(71)41(30(4)59)54-45(35)67/h14-15,17-18,28-30,33-39,41-43,47,59-64,69H,5-13,16,19-27,51H2,1-4H3,(H,52,65)(H,53,68)(H,54,67)(H,55,66)(H,56,70)/t28?,29?,30-,33-,34+,35+,36+,37-,38+,39-,41+,42+,43+,47-/m1/s1. The molecule has 0 radical (unpaired) electrons. The highest BCUT2D eigenvalue weighted by Gasteiger charge is 2.47. The number of hydrogen-bond acceptors (Lipinski definition) is 15. The Morgan fingerprint density at radius 3 is 2.04 bits per heavy atom. The van der Waals surface area contributed by atoms with Crippen LogP contribution in [0.1, 0.15) is 130 Å². The van der Waals surface area contributed by atoms with Crippen LogP contribution in [0.25, 0.3) is 0 Å². The first-order valence-corrected chi connectivity index (χ1v) is 25.8. The molecule has 0 aliphatic carbocycles. The second-order valence-corrected chi connectivity index (χ2v) is 20.2. The Hall–Kier alpha value is -4.97. The van der Waals surface area contributed by atoms with Crippen molar-refractivity contribution in [2.45, 2.75) is 203 Å². The Bertz CT molecular complexity index is 1940. The Morgan fingerprint density at radius 2 is 1.39 bits per heavy atom. The van der Waals surface area contributed by atoms with Gasteiger partial charge in [-0.25, -0.2) is 0 Å². The van der Waals surface area contributed by atoms with Crippen LogP contribution in [-0.4, -0.2) is 180 Å². The second-order valence-electron chi connectivity index (χ2n) is 20.2. The van der Waals surface area contributed by atoms with Crippen LogP contribution in [0.4, 0.5) is 0 Å². The van der Waals surface area contributed by atoms with Crippen LogP contribution in [0.5, 0.6) is 5.75 Å². The Morgan fingerprint density at radius 1 is 0.750 bits per heavy atom. The van der Waals surface area contributed by atoms with Crippen LogP contribution in [0.15, 0.2) is 24.3 Å². The van der Waals surface area contributed by atoms with Gasteiger partial charge in [0, 0.05) is 32.4 Å². The van der Waals surface area contributed by atoms with Gasteiger partial charge in [-0.1, -0.05) is 77.8 Å². The lowest BCUT2D eigenvalue weighted by atomic mass is 9.91. The highest BCUT2D eigenvalue weighted by Crippen LogP contribution is 2.25. The lowest BCUT2D eigenvalue weighted by Crippen LogP contribution is -2.62. The molecular weight excluding hydrogens is 937 g/mol. The van der Waals surface area contributed by atoms with Crippen LogP contribution in [0.2, 0.25) is 0 Å². The first kappa shape index (κ1) is 59.6. The van der Waals surface area contributed by atoms with Gasteiger partial charge in [0.2, 0.25) is 41.4 Å². The van der Waals surface area contributed by atoms with E-state index in [2.05, 4.69) is 47.4 Å². The highest BCUT2D eigenvalue weighted by atomic mass is 16.3. The van der Waals surface area contributed by atoms with Gasteiger partial charge in [0.25, 0.3) is 0 Å². The molecule has 406 valence electrons. The van der Waals surface area contributed by atoms with Crippen molar-refractivity contribution in [3.05, 3.63) is 29.8 Å². The fourth-order valence-electron chi connectivity index (χ4n) is 9.72. The predicted octanol–water partition coefficient (Wildman–Crippen LogP) is -1.33. The number of aliphatic hydroxyl groups excluding tert-OH is 6.